The first-order valence-electron chi connectivity index (χ1n) is 5.13. The van der Waals surface area contributed by atoms with Gasteiger partial charge in [-0.25, -0.2) is 0 Å². The fourth-order valence-electron chi connectivity index (χ4n) is 1.54. The highest BCUT2D eigenvalue weighted by Gasteiger charge is 2.43. The molecule has 1 heterocycles. The Kier molecular flexibility index (Phi) is 2.97. The molecule has 0 fully saturated rings. The summed E-state index contributed by atoms with van der Waals surface area (Å²) < 4.78 is 34.0. The number of carbonyl (C=O) groups excluding carboxylic acids is 1. The first-order chi connectivity index (χ1) is 8.78. The number of carboxylic acids is 1. The van der Waals surface area contributed by atoms with Gasteiger partial charge in [-0.15, -0.1) is 8.78 Å². The van der Waals surface area contributed by atoms with Crippen LogP contribution in [-0.2, 0) is 9.59 Å². The number of hydrogen-bond donors (Lipinski definition) is 1. The van der Waals surface area contributed by atoms with Crippen LogP contribution in [0.3, 0.4) is 0 Å². The summed E-state index contributed by atoms with van der Waals surface area (Å²) in [6.45, 7) is 3.44. The number of benzene rings is 1. The van der Waals surface area contributed by atoms with Crippen LogP contribution in [0.1, 0.15) is 12.0 Å². The third kappa shape index (κ3) is 2.70. The monoisotopic (exact) mass is 270 g/mol. The molecule has 0 saturated heterocycles. The summed E-state index contributed by atoms with van der Waals surface area (Å²) in [7, 11) is 0. The van der Waals surface area contributed by atoms with Gasteiger partial charge < -0.3 is 14.6 Å². The van der Waals surface area contributed by atoms with Gasteiger partial charge in [-0.05, 0) is 17.7 Å². The second kappa shape index (κ2) is 4.34. The van der Waals surface area contributed by atoms with Crippen molar-refractivity contribution in [1.29, 1.82) is 0 Å². The molecule has 0 aliphatic carbocycles. The van der Waals surface area contributed by atoms with Gasteiger partial charge in [0.05, 0.1) is 0 Å². The van der Waals surface area contributed by atoms with Gasteiger partial charge in [-0.3, -0.25) is 9.59 Å². The Morgan fingerprint density at radius 2 is 1.89 bits per heavy atom. The highest BCUT2D eigenvalue weighted by molar-refractivity contribution is 6.24. The van der Waals surface area contributed by atoms with Crippen molar-refractivity contribution in [3.8, 4) is 11.5 Å². The molecule has 0 saturated carbocycles. The molecular formula is C12H8F2O5. The van der Waals surface area contributed by atoms with Crippen LogP contribution in [0.25, 0.3) is 5.57 Å². The van der Waals surface area contributed by atoms with E-state index in [1.165, 1.54) is 12.1 Å². The molecule has 0 atom stereocenters. The summed E-state index contributed by atoms with van der Waals surface area (Å²) in [6.07, 6.45) is -4.46. The first-order valence-corrected chi connectivity index (χ1v) is 5.13. The average molecular weight is 270 g/mol. The van der Waals surface area contributed by atoms with Crippen molar-refractivity contribution in [2.45, 2.75) is 12.7 Å². The average Bonchev–Trinajstić information content (AvgIpc) is 2.59. The smallest absolute Gasteiger partial charge is 0.481 e. The molecule has 0 radical (unpaired) electrons. The molecule has 1 aliphatic heterocycles. The van der Waals surface area contributed by atoms with E-state index in [1.54, 1.807) is 0 Å². The Balaban J connectivity index is 2.22. The number of alkyl halides is 2. The number of hydrogen-bond acceptors (Lipinski definition) is 4. The van der Waals surface area contributed by atoms with Crippen molar-refractivity contribution in [3.63, 3.8) is 0 Å². The summed E-state index contributed by atoms with van der Waals surface area (Å²) in [6, 6.07) is 3.68. The molecule has 0 amide bonds. The third-order valence-corrected chi connectivity index (χ3v) is 2.40. The Labute approximate surface area is 106 Å². The lowest BCUT2D eigenvalue weighted by molar-refractivity contribution is -0.286. The molecule has 19 heavy (non-hydrogen) atoms. The van der Waals surface area contributed by atoms with Gasteiger partial charge in [-0.2, -0.15) is 0 Å². The van der Waals surface area contributed by atoms with Crippen molar-refractivity contribution in [2.24, 2.45) is 0 Å². The van der Waals surface area contributed by atoms with E-state index in [0.29, 0.717) is 0 Å². The van der Waals surface area contributed by atoms with E-state index in [1.807, 2.05) is 0 Å². The SMILES string of the molecule is C=C(C(=O)CC(=O)O)c1ccc2c(c1)OC(F)(F)O2. The minimum atomic E-state index is -3.74. The standard InChI is InChI=1S/C12H8F2O5/c1-6(8(15)5-11(16)17)7-2-3-9-10(4-7)19-12(13,14)18-9/h2-4H,1,5H2,(H,16,17). The van der Waals surface area contributed by atoms with Crippen molar-refractivity contribution < 1.29 is 33.0 Å². The number of ether oxygens (including phenoxy) is 2. The zero-order chi connectivity index (χ0) is 14.2. The Hall–Kier alpha value is -2.44. The van der Waals surface area contributed by atoms with Crippen LogP contribution in [-0.4, -0.2) is 23.2 Å². The van der Waals surface area contributed by atoms with Crippen LogP contribution in [0.4, 0.5) is 8.78 Å². The Bertz CT molecular complexity index is 579. The highest BCUT2D eigenvalue weighted by Crippen LogP contribution is 2.42. The number of carbonyl (C=O) groups is 2. The van der Waals surface area contributed by atoms with E-state index in [0.717, 1.165) is 6.07 Å². The molecule has 5 nitrogen and oxygen atoms in total. The molecule has 2 rings (SSSR count). The summed E-state index contributed by atoms with van der Waals surface area (Å²) in [5.74, 6) is -2.39. The van der Waals surface area contributed by atoms with E-state index in [4.69, 9.17) is 5.11 Å². The van der Waals surface area contributed by atoms with Gasteiger partial charge in [-0.1, -0.05) is 12.6 Å². The predicted octanol–water partition coefficient (Wildman–Crippen LogP) is 2.07. The topological polar surface area (TPSA) is 72.8 Å². The fraction of sp³-hybridized carbons (Fsp3) is 0.167. The lowest BCUT2D eigenvalue weighted by Crippen LogP contribution is -2.25. The van der Waals surface area contributed by atoms with Gasteiger partial charge in [0.2, 0.25) is 0 Å². The van der Waals surface area contributed by atoms with Gasteiger partial charge in [0.25, 0.3) is 0 Å². The lowest BCUT2D eigenvalue weighted by Gasteiger charge is -2.05. The van der Waals surface area contributed by atoms with Crippen LogP contribution in [0, 0.1) is 0 Å². The maximum Gasteiger partial charge on any atom is 0.586 e. The second-order valence-electron chi connectivity index (χ2n) is 3.80. The summed E-state index contributed by atoms with van der Waals surface area (Å²) in [5, 5.41) is 8.50. The molecule has 1 aliphatic rings. The van der Waals surface area contributed by atoms with Gasteiger partial charge in [0.15, 0.2) is 17.3 Å². The van der Waals surface area contributed by atoms with Crippen LogP contribution >= 0.6 is 0 Å². The molecule has 0 spiro atoms. The van der Waals surface area contributed by atoms with E-state index in [9.17, 15) is 18.4 Å². The van der Waals surface area contributed by atoms with Crippen LogP contribution < -0.4 is 9.47 Å². The zero-order valence-electron chi connectivity index (χ0n) is 9.48. The molecule has 100 valence electrons. The van der Waals surface area contributed by atoms with Crippen molar-refractivity contribution in [1.82, 2.24) is 0 Å². The lowest BCUT2D eigenvalue weighted by atomic mass is 10.0. The number of rotatable bonds is 4. The van der Waals surface area contributed by atoms with Gasteiger partial charge >= 0.3 is 12.3 Å². The fourth-order valence-corrected chi connectivity index (χ4v) is 1.54. The minimum Gasteiger partial charge on any atom is -0.481 e. The van der Waals surface area contributed by atoms with Crippen LogP contribution in [0.5, 0.6) is 11.5 Å². The van der Waals surface area contributed by atoms with Crippen LogP contribution in [0.2, 0.25) is 0 Å². The summed E-state index contributed by atoms with van der Waals surface area (Å²) in [4.78, 5) is 21.9. The molecule has 0 bridgehead atoms. The number of halogens is 2. The molecule has 1 N–H and O–H groups in total. The Morgan fingerprint density at radius 3 is 2.53 bits per heavy atom. The van der Waals surface area contributed by atoms with Crippen molar-refractivity contribution in [2.75, 3.05) is 0 Å². The van der Waals surface area contributed by atoms with Crippen molar-refractivity contribution in [3.05, 3.63) is 30.3 Å². The quantitative estimate of drug-likeness (QED) is 0.669. The Morgan fingerprint density at radius 1 is 1.26 bits per heavy atom. The zero-order valence-corrected chi connectivity index (χ0v) is 9.48. The molecule has 0 unspecified atom stereocenters. The second-order valence-corrected chi connectivity index (χ2v) is 3.80. The molecule has 1 aromatic carbocycles. The van der Waals surface area contributed by atoms with Crippen molar-refractivity contribution >= 4 is 17.3 Å². The molecular weight excluding hydrogens is 262 g/mol. The van der Waals surface area contributed by atoms with E-state index < -0.39 is 24.5 Å². The number of fused-ring (bicyclic) bond motifs is 1. The summed E-state index contributed by atoms with van der Waals surface area (Å²) >= 11 is 0. The number of allylic oxidation sites excluding steroid dienone is 1. The van der Waals surface area contributed by atoms with E-state index >= 15 is 0 Å². The third-order valence-electron chi connectivity index (χ3n) is 2.40. The van der Waals surface area contributed by atoms with Crippen LogP contribution in [0.15, 0.2) is 24.8 Å². The van der Waals surface area contributed by atoms with E-state index in [2.05, 4.69) is 16.1 Å². The van der Waals surface area contributed by atoms with Gasteiger partial charge in [0, 0.05) is 5.57 Å². The normalized spacial score (nSPS) is 15.1. The number of Topliss-reactive ketones (excluding diaryl/α,β-unsaturated/α-hetero) is 1. The summed E-state index contributed by atoms with van der Waals surface area (Å²) in [5.41, 5.74) is 0.107. The van der Waals surface area contributed by atoms with Gasteiger partial charge in [0.1, 0.15) is 6.42 Å². The number of carboxylic acid groups (broad SMARTS) is 1. The maximum atomic E-state index is 12.8. The number of ketones is 1. The molecule has 7 heteroatoms. The first kappa shape index (κ1) is 13.0. The number of aliphatic carboxylic acids is 1. The molecule has 0 aromatic heterocycles. The van der Waals surface area contributed by atoms with E-state index in [-0.39, 0.29) is 22.6 Å². The minimum absolute atomic E-state index is 0.0935. The largest absolute Gasteiger partial charge is 0.586 e. The maximum absolute atomic E-state index is 12.8. The predicted molar refractivity (Wildman–Crippen MR) is 58.9 cm³/mol. The molecule has 1 aromatic rings. The highest BCUT2D eigenvalue weighted by atomic mass is 19.3.